The lowest BCUT2D eigenvalue weighted by Gasteiger charge is -2.14. The van der Waals surface area contributed by atoms with Crippen LogP contribution in [0.1, 0.15) is 63.0 Å². The van der Waals surface area contributed by atoms with E-state index in [1.54, 1.807) is 0 Å². The quantitative estimate of drug-likeness (QED) is 0.647. The number of rotatable bonds is 6. The van der Waals surface area contributed by atoms with Crippen molar-refractivity contribution in [1.29, 1.82) is 0 Å². The van der Waals surface area contributed by atoms with Gasteiger partial charge in [0.2, 0.25) is 0 Å². The number of hydrogen-bond acceptors (Lipinski definition) is 1. The van der Waals surface area contributed by atoms with E-state index in [2.05, 4.69) is 37.3 Å². The Bertz CT molecular complexity index is 601. The minimum atomic E-state index is 0.378. The maximum absolute atomic E-state index is 11.8. The molecular formula is C21H26O. The average molecular weight is 294 g/mol. The summed E-state index contributed by atoms with van der Waals surface area (Å²) in [5.74, 6) is 0.378. The van der Waals surface area contributed by atoms with Gasteiger partial charge in [-0.05, 0) is 62.5 Å². The molecule has 0 unspecified atom stereocenters. The maximum Gasteiger partial charge on any atom is 0.163 e. The van der Waals surface area contributed by atoms with Crippen molar-refractivity contribution in [3.8, 4) is 0 Å². The molecular weight excluding hydrogens is 268 g/mol. The van der Waals surface area contributed by atoms with Crippen LogP contribution in [0.25, 0.3) is 0 Å². The fraction of sp³-hybridized carbons (Fsp3) is 0.476. The third-order valence-corrected chi connectivity index (χ3v) is 5.08. The third kappa shape index (κ3) is 3.58. The van der Waals surface area contributed by atoms with E-state index in [1.165, 1.54) is 48.0 Å². The van der Waals surface area contributed by atoms with Crippen LogP contribution in [0, 0.1) is 0 Å². The topological polar surface area (TPSA) is 17.1 Å². The van der Waals surface area contributed by atoms with Crippen molar-refractivity contribution in [1.82, 2.24) is 0 Å². The van der Waals surface area contributed by atoms with Crippen molar-refractivity contribution in [2.24, 2.45) is 0 Å². The first kappa shape index (κ1) is 15.3. The number of aryl methyl sites for hydroxylation is 2. The van der Waals surface area contributed by atoms with E-state index in [0.29, 0.717) is 5.78 Å². The number of benzene rings is 1. The number of hydrogen-bond donors (Lipinski definition) is 0. The van der Waals surface area contributed by atoms with Crippen molar-refractivity contribution >= 4 is 5.78 Å². The van der Waals surface area contributed by atoms with Crippen LogP contribution >= 0.6 is 0 Å². The summed E-state index contributed by atoms with van der Waals surface area (Å²) in [5, 5.41) is 0. The van der Waals surface area contributed by atoms with Crippen molar-refractivity contribution in [3.05, 3.63) is 58.2 Å². The van der Waals surface area contributed by atoms with Crippen molar-refractivity contribution < 1.29 is 4.79 Å². The van der Waals surface area contributed by atoms with Gasteiger partial charge in [-0.2, -0.15) is 0 Å². The van der Waals surface area contributed by atoms with Gasteiger partial charge in [-0.1, -0.05) is 48.4 Å². The molecule has 0 aromatic heterocycles. The first-order chi connectivity index (χ1) is 10.8. The third-order valence-electron chi connectivity index (χ3n) is 5.08. The molecule has 0 amide bonds. The van der Waals surface area contributed by atoms with Crippen LogP contribution in [0.4, 0.5) is 0 Å². The summed E-state index contributed by atoms with van der Waals surface area (Å²) in [6.07, 6.45) is 12.2. The number of allylic oxidation sites excluding steroid dienone is 4. The van der Waals surface area contributed by atoms with E-state index in [-0.39, 0.29) is 0 Å². The Balaban J connectivity index is 1.45. The van der Waals surface area contributed by atoms with Crippen LogP contribution in [0.5, 0.6) is 0 Å². The van der Waals surface area contributed by atoms with E-state index in [1.807, 2.05) is 0 Å². The summed E-state index contributed by atoms with van der Waals surface area (Å²) >= 11 is 0. The number of carbonyl (C=O) groups is 1. The summed E-state index contributed by atoms with van der Waals surface area (Å²) in [7, 11) is 0. The predicted octanol–water partition coefficient (Wildman–Crippen LogP) is 5.34. The van der Waals surface area contributed by atoms with Gasteiger partial charge in [-0.25, -0.2) is 0 Å². The van der Waals surface area contributed by atoms with Crippen molar-refractivity contribution in [2.45, 2.75) is 64.7 Å². The van der Waals surface area contributed by atoms with Crippen molar-refractivity contribution in [3.63, 3.8) is 0 Å². The molecule has 2 aliphatic rings. The molecule has 1 heteroatoms. The molecule has 0 N–H and O–H groups in total. The summed E-state index contributed by atoms with van der Waals surface area (Å²) in [6, 6.07) is 9.04. The predicted molar refractivity (Wildman–Crippen MR) is 92.0 cm³/mol. The van der Waals surface area contributed by atoms with Crippen LogP contribution in [0.3, 0.4) is 0 Å². The second kappa shape index (κ2) is 7.09. The highest BCUT2D eigenvalue weighted by Gasteiger charge is 2.24. The summed E-state index contributed by atoms with van der Waals surface area (Å²) in [5.41, 5.74) is 6.85. The molecule has 0 radical (unpaired) electrons. The Morgan fingerprint density at radius 3 is 2.32 bits per heavy atom. The summed E-state index contributed by atoms with van der Waals surface area (Å²) < 4.78 is 0. The molecule has 1 nitrogen and oxygen atoms in total. The second-order valence-electron chi connectivity index (χ2n) is 6.62. The van der Waals surface area contributed by atoms with Crippen LogP contribution in [0.2, 0.25) is 0 Å². The standard InChI is InChI=1S/C21H26O/c1-2-16-7-9-17(10-8-16)5-3-4-6-18-11-12-19-13-14-21(22)20(19)15-18/h7-10,15H,2-6,11-14H2,1H3. The Labute approximate surface area is 134 Å². The Kier molecular flexibility index (Phi) is 4.92. The van der Waals surface area contributed by atoms with Crippen molar-refractivity contribution in [2.75, 3.05) is 0 Å². The monoisotopic (exact) mass is 294 g/mol. The summed E-state index contributed by atoms with van der Waals surface area (Å²) in [6.45, 7) is 2.20. The number of ketones is 1. The van der Waals surface area contributed by atoms with Crippen LogP contribution in [0.15, 0.2) is 47.1 Å². The smallest absolute Gasteiger partial charge is 0.163 e. The molecule has 0 bridgehead atoms. The second-order valence-corrected chi connectivity index (χ2v) is 6.62. The zero-order valence-electron chi connectivity index (χ0n) is 13.7. The van der Waals surface area contributed by atoms with E-state index < -0.39 is 0 Å². The lowest BCUT2D eigenvalue weighted by atomic mass is 9.91. The van der Waals surface area contributed by atoms with Gasteiger partial charge < -0.3 is 0 Å². The molecule has 0 heterocycles. The molecule has 0 atom stereocenters. The highest BCUT2D eigenvalue weighted by atomic mass is 16.1. The summed E-state index contributed by atoms with van der Waals surface area (Å²) in [4.78, 5) is 11.8. The molecule has 1 aromatic carbocycles. The first-order valence-electron chi connectivity index (χ1n) is 8.78. The van der Waals surface area contributed by atoms with Crippen LogP contribution in [-0.4, -0.2) is 5.78 Å². The molecule has 0 spiro atoms. The van der Waals surface area contributed by atoms with Gasteiger partial charge in [-0.15, -0.1) is 0 Å². The van der Waals surface area contributed by atoms with E-state index in [0.717, 1.165) is 37.7 Å². The van der Waals surface area contributed by atoms with Gasteiger partial charge in [-0.3, -0.25) is 4.79 Å². The highest BCUT2D eigenvalue weighted by Crippen LogP contribution is 2.35. The SMILES string of the molecule is CCc1ccc(CCCCC2=CC3=C(CCC3=O)CC2)cc1. The molecule has 0 fully saturated rings. The highest BCUT2D eigenvalue weighted by molar-refractivity contribution is 6.01. The van der Waals surface area contributed by atoms with E-state index >= 15 is 0 Å². The fourth-order valence-corrected chi connectivity index (χ4v) is 3.58. The zero-order chi connectivity index (χ0) is 15.4. The van der Waals surface area contributed by atoms with Gasteiger partial charge in [0, 0.05) is 12.0 Å². The minimum Gasteiger partial charge on any atom is -0.294 e. The van der Waals surface area contributed by atoms with Gasteiger partial charge >= 0.3 is 0 Å². The maximum atomic E-state index is 11.8. The molecule has 3 rings (SSSR count). The molecule has 0 aliphatic heterocycles. The van der Waals surface area contributed by atoms with Gasteiger partial charge in [0.15, 0.2) is 5.78 Å². The molecule has 116 valence electrons. The lowest BCUT2D eigenvalue weighted by molar-refractivity contribution is -0.114. The lowest BCUT2D eigenvalue weighted by Crippen LogP contribution is -2.00. The van der Waals surface area contributed by atoms with E-state index in [4.69, 9.17) is 0 Å². The molecule has 2 aliphatic carbocycles. The number of Topliss-reactive ketones (excluding diaryl/α,β-unsaturated/α-hetero) is 1. The van der Waals surface area contributed by atoms with Gasteiger partial charge in [0.25, 0.3) is 0 Å². The largest absolute Gasteiger partial charge is 0.294 e. The van der Waals surface area contributed by atoms with E-state index in [9.17, 15) is 4.79 Å². The molecule has 0 saturated heterocycles. The molecule has 0 saturated carbocycles. The van der Waals surface area contributed by atoms with Gasteiger partial charge in [0.05, 0.1) is 0 Å². The van der Waals surface area contributed by atoms with Crippen LogP contribution in [-0.2, 0) is 17.6 Å². The average Bonchev–Trinajstić information content (AvgIpc) is 2.93. The molecule has 1 aromatic rings. The number of carbonyl (C=O) groups excluding carboxylic acids is 1. The Morgan fingerprint density at radius 1 is 0.864 bits per heavy atom. The first-order valence-corrected chi connectivity index (χ1v) is 8.78. The van der Waals surface area contributed by atoms with Gasteiger partial charge in [0.1, 0.15) is 0 Å². The Hall–Kier alpha value is -1.63. The molecule has 22 heavy (non-hydrogen) atoms. The fourth-order valence-electron chi connectivity index (χ4n) is 3.58. The normalized spacial score (nSPS) is 17.7. The minimum absolute atomic E-state index is 0.378. The van der Waals surface area contributed by atoms with Crippen LogP contribution < -0.4 is 0 Å². The number of unbranched alkanes of at least 4 members (excludes halogenated alkanes) is 1. The Morgan fingerprint density at radius 2 is 1.55 bits per heavy atom. The zero-order valence-corrected chi connectivity index (χ0v) is 13.7.